The van der Waals surface area contributed by atoms with E-state index in [0.717, 1.165) is 50.3 Å². The molecule has 4 nitrogen and oxygen atoms in total. The molecule has 2 aliphatic heterocycles. The second-order valence-electron chi connectivity index (χ2n) is 10.0. The van der Waals surface area contributed by atoms with Gasteiger partial charge in [0.1, 0.15) is 5.75 Å². The summed E-state index contributed by atoms with van der Waals surface area (Å²) in [4.78, 5) is 15.1. The van der Waals surface area contributed by atoms with Gasteiger partial charge in [0.05, 0.1) is 31.5 Å². The van der Waals surface area contributed by atoms with Gasteiger partial charge in [0, 0.05) is 24.2 Å². The Bertz CT molecular complexity index is 928. The third kappa shape index (κ3) is 11.7. The van der Waals surface area contributed by atoms with Crippen molar-refractivity contribution in [3.8, 4) is 31.4 Å². The average Bonchev–Trinajstić information content (AvgIpc) is 3.55. The van der Waals surface area contributed by atoms with Crippen molar-refractivity contribution in [2.45, 2.75) is 70.6 Å². The zero-order valence-electron chi connectivity index (χ0n) is 24.7. The van der Waals surface area contributed by atoms with Crippen LogP contribution in [-0.2, 0) is 4.79 Å². The molecule has 1 saturated carbocycles. The smallest absolute Gasteiger partial charge is 0.232 e. The number of hydrogen-bond donors (Lipinski definition) is 1. The largest absolute Gasteiger partial charge is 0.493 e. The van der Waals surface area contributed by atoms with Crippen molar-refractivity contribution in [2.24, 2.45) is 5.92 Å². The topological polar surface area (TPSA) is 46.2 Å². The van der Waals surface area contributed by atoms with Crippen LogP contribution < -0.4 is 10.1 Å². The fourth-order valence-electron chi connectivity index (χ4n) is 5.53. The molecule has 2 aromatic carbocycles. The lowest BCUT2D eigenvalue weighted by atomic mass is 9.86. The van der Waals surface area contributed by atoms with E-state index in [2.05, 4.69) is 54.6 Å². The lowest BCUT2D eigenvalue weighted by molar-refractivity contribution is -0.638. The van der Waals surface area contributed by atoms with Crippen LogP contribution in [0.15, 0.2) is 61.2 Å². The first-order valence-corrected chi connectivity index (χ1v) is 14.9. The maximum Gasteiger partial charge on any atom is 0.232 e. The number of likely N-dealkylation sites (tertiary alicyclic amines) is 1. The summed E-state index contributed by atoms with van der Waals surface area (Å²) in [6, 6.07) is 18.2. The maximum atomic E-state index is 13.1. The SMILES string of the molecule is C#C.C#C.C1CCCCC1.C=Cc1cccc([C@@H]2C[NH2+]CC2C(=O)N2CCCCC2)c1OCC.c1ccccc1. The van der Waals surface area contributed by atoms with Crippen molar-refractivity contribution >= 4 is 12.0 Å². The molecule has 0 spiro atoms. The average molecular weight is 544 g/mol. The molecule has 1 amide bonds. The molecule has 2 saturated heterocycles. The minimum atomic E-state index is 0.0578. The second kappa shape index (κ2) is 22.4. The van der Waals surface area contributed by atoms with E-state index in [1.54, 1.807) is 0 Å². The fourth-order valence-corrected chi connectivity index (χ4v) is 5.53. The second-order valence-corrected chi connectivity index (χ2v) is 10.0. The van der Waals surface area contributed by atoms with Gasteiger partial charge in [-0.3, -0.25) is 4.79 Å². The first-order valence-electron chi connectivity index (χ1n) is 14.9. The number of quaternary nitrogens is 1. The number of carbonyl (C=O) groups is 1. The summed E-state index contributed by atoms with van der Waals surface area (Å²) in [5.41, 5.74) is 2.18. The van der Waals surface area contributed by atoms with Crippen molar-refractivity contribution in [2.75, 3.05) is 32.8 Å². The summed E-state index contributed by atoms with van der Waals surface area (Å²) in [5, 5.41) is 2.27. The van der Waals surface area contributed by atoms with Gasteiger partial charge in [0.25, 0.3) is 0 Å². The number of nitrogens with zero attached hydrogens (tertiary/aromatic N) is 1. The highest BCUT2D eigenvalue weighted by Crippen LogP contribution is 2.36. The van der Waals surface area contributed by atoms with E-state index in [1.165, 1.54) is 50.5 Å². The molecule has 216 valence electrons. The van der Waals surface area contributed by atoms with Crippen LogP contribution in [0.4, 0.5) is 0 Å². The third-order valence-corrected chi connectivity index (χ3v) is 7.46. The molecule has 3 aliphatic rings. The van der Waals surface area contributed by atoms with Crippen LogP contribution in [0.25, 0.3) is 6.08 Å². The Morgan fingerprint density at radius 3 is 1.82 bits per heavy atom. The normalized spacial score (nSPS) is 19.3. The Hall–Kier alpha value is -3.47. The monoisotopic (exact) mass is 543 g/mol. The molecule has 1 aliphatic carbocycles. The van der Waals surface area contributed by atoms with Gasteiger partial charge < -0.3 is 15.0 Å². The van der Waals surface area contributed by atoms with Crippen molar-refractivity contribution in [3.63, 3.8) is 0 Å². The fraction of sp³-hybridized carbons (Fsp3) is 0.472. The zero-order valence-corrected chi connectivity index (χ0v) is 24.7. The maximum absolute atomic E-state index is 13.1. The molecule has 1 unspecified atom stereocenters. The number of rotatable bonds is 5. The predicted molar refractivity (Wildman–Crippen MR) is 170 cm³/mol. The number of para-hydroxylation sites is 1. The number of terminal acetylenes is 2. The van der Waals surface area contributed by atoms with Crippen LogP contribution in [0.3, 0.4) is 0 Å². The van der Waals surface area contributed by atoms with Gasteiger partial charge in [-0.05, 0) is 26.2 Å². The van der Waals surface area contributed by atoms with E-state index in [4.69, 9.17) is 4.74 Å². The Labute approximate surface area is 244 Å². The Balaban J connectivity index is 0.000000406. The van der Waals surface area contributed by atoms with Gasteiger partial charge in [-0.2, -0.15) is 0 Å². The molecule has 0 bridgehead atoms. The molecule has 0 aromatic heterocycles. The first kappa shape index (κ1) is 34.6. The van der Waals surface area contributed by atoms with Crippen molar-refractivity contribution in [1.82, 2.24) is 4.90 Å². The van der Waals surface area contributed by atoms with Gasteiger partial charge in [0.2, 0.25) is 5.91 Å². The summed E-state index contributed by atoms with van der Waals surface area (Å²) in [7, 11) is 0. The van der Waals surface area contributed by atoms with E-state index < -0.39 is 0 Å². The molecular formula is C36H51N2O2+. The van der Waals surface area contributed by atoms with Crippen LogP contribution >= 0.6 is 0 Å². The van der Waals surface area contributed by atoms with E-state index in [-0.39, 0.29) is 11.8 Å². The molecule has 40 heavy (non-hydrogen) atoms. The summed E-state index contributed by atoms with van der Waals surface area (Å²) < 4.78 is 5.93. The number of ether oxygens (including phenoxy) is 1. The van der Waals surface area contributed by atoms with E-state index in [1.807, 2.05) is 55.5 Å². The van der Waals surface area contributed by atoms with Crippen molar-refractivity contribution in [3.05, 3.63) is 72.3 Å². The van der Waals surface area contributed by atoms with E-state index >= 15 is 0 Å². The van der Waals surface area contributed by atoms with Crippen LogP contribution in [0.5, 0.6) is 5.75 Å². The quantitative estimate of drug-likeness (QED) is 0.435. The molecule has 5 rings (SSSR count). The predicted octanol–water partition coefficient (Wildman–Crippen LogP) is 6.54. The zero-order chi connectivity index (χ0) is 29.4. The lowest BCUT2D eigenvalue weighted by Gasteiger charge is -2.30. The van der Waals surface area contributed by atoms with Crippen molar-refractivity contribution < 1.29 is 14.8 Å². The molecule has 3 fully saturated rings. The minimum absolute atomic E-state index is 0.0578. The summed E-state index contributed by atoms with van der Waals surface area (Å²) in [5.74, 6) is 1.52. The summed E-state index contributed by atoms with van der Waals surface area (Å²) >= 11 is 0. The highest BCUT2D eigenvalue weighted by atomic mass is 16.5. The molecule has 0 radical (unpaired) electrons. The van der Waals surface area contributed by atoms with Crippen molar-refractivity contribution in [1.29, 1.82) is 0 Å². The molecule has 2 aromatic rings. The molecule has 4 heteroatoms. The number of piperidine rings is 1. The standard InChI is InChI=1S/C20H28N2O2.C6H12.C6H6.2C2H2/c1-3-15-9-8-10-16(19(15)24-4-2)17-13-21-14-18(17)20(23)22-11-6-5-7-12-22;2*1-2-4-6-5-3-1;2*1-2/h3,8-10,17-18,21H,1,4-7,11-14H2,2H3;1-6H2;1-6H;2*1-2H/p+1/t17-,18?;;;;/m0..../s1. The minimum Gasteiger partial charge on any atom is -0.493 e. The number of hydrogen-bond acceptors (Lipinski definition) is 2. The Kier molecular flexibility index (Phi) is 19.3. The Morgan fingerprint density at radius 1 is 0.850 bits per heavy atom. The molecular weight excluding hydrogens is 492 g/mol. The summed E-state index contributed by atoms with van der Waals surface area (Å²) in [6.07, 6.45) is 30.4. The van der Waals surface area contributed by atoms with Crippen LogP contribution in [0, 0.1) is 31.6 Å². The van der Waals surface area contributed by atoms with E-state index in [0.29, 0.717) is 12.5 Å². The van der Waals surface area contributed by atoms with Crippen LogP contribution in [0.1, 0.15) is 81.8 Å². The first-order chi connectivity index (χ1) is 19.8. The lowest BCUT2D eigenvalue weighted by Crippen LogP contribution is -2.81. The Morgan fingerprint density at radius 2 is 1.35 bits per heavy atom. The van der Waals surface area contributed by atoms with Gasteiger partial charge in [0.15, 0.2) is 0 Å². The van der Waals surface area contributed by atoms with Crippen LogP contribution in [0.2, 0.25) is 0 Å². The van der Waals surface area contributed by atoms with E-state index in [9.17, 15) is 4.79 Å². The number of carbonyl (C=O) groups excluding carboxylic acids is 1. The van der Waals surface area contributed by atoms with Gasteiger partial charge in [-0.25, -0.2) is 0 Å². The van der Waals surface area contributed by atoms with Gasteiger partial charge in [-0.15, -0.1) is 25.7 Å². The number of nitrogens with two attached hydrogens (primary N) is 1. The highest BCUT2D eigenvalue weighted by Gasteiger charge is 2.41. The van der Waals surface area contributed by atoms with Gasteiger partial charge >= 0.3 is 0 Å². The van der Waals surface area contributed by atoms with Gasteiger partial charge in [-0.1, -0.05) is 106 Å². The number of benzene rings is 2. The number of amides is 1. The third-order valence-electron chi connectivity index (χ3n) is 7.46. The molecule has 2 heterocycles. The van der Waals surface area contributed by atoms with Crippen LogP contribution in [-0.4, -0.2) is 43.6 Å². The molecule has 2 N–H and O–H groups in total. The highest BCUT2D eigenvalue weighted by molar-refractivity contribution is 5.80. The summed E-state index contributed by atoms with van der Waals surface area (Å²) in [6.45, 7) is 10.2. The molecule has 2 atom stereocenters.